The Bertz CT molecular complexity index is 562. The van der Waals surface area contributed by atoms with Crippen molar-refractivity contribution in [1.82, 2.24) is 15.6 Å². The molecule has 1 aromatic heterocycles. The third kappa shape index (κ3) is 6.72. The summed E-state index contributed by atoms with van der Waals surface area (Å²) in [5.74, 6) is 2.37. The van der Waals surface area contributed by atoms with Gasteiger partial charge in [-0.2, -0.15) is 0 Å². The van der Waals surface area contributed by atoms with Gasteiger partial charge in [0, 0.05) is 32.2 Å². The molecule has 0 spiro atoms. The first-order valence-electron chi connectivity index (χ1n) is 9.35. The number of nitrogens with zero attached hydrogens (tertiary/aromatic N) is 2. The van der Waals surface area contributed by atoms with E-state index in [0.717, 1.165) is 37.8 Å². The largest absolute Gasteiger partial charge is 0.443 e. The van der Waals surface area contributed by atoms with Gasteiger partial charge in [0.1, 0.15) is 12.3 Å². The third-order valence-corrected chi connectivity index (χ3v) is 4.89. The van der Waals surface area contributed by atoms with Crippen LogP contribution in [0.25, 0.3) is 0 Å². The molecule has 1 heterocycles. The fraction of sp³-hybridized carbons (Fsp3) is 0.789. The van der Waals surface area contributed by atoms with Crippen LogP contribution in [0.1, 0.15) is 65.0 Å². The Kier molecular flexibility index (Phi) is 9.36. The first-order chi connectivity index (χ1) is 11.9. The topological polar surface area (TPSA) is 71.7 Å². The number of aliphatic imine (C=N–C) groups is 1. The molecule has 1 aliphatic carbocycles. The fourth-order valence-corrected chi connectivity index (χ4v) is 3.00. The summed E-state index contributed by atoms with van der Waals surface area (Å²) in [5, 5.41) is 6.80. The van der Waals surface area contributed by atoms with Crippen LogP contribution in [0.2, 0.25) is 0 Å². The number of nitrogens with one attached hydrogen (secondary N) is 2. The summed E-state index contributed by atoms with van der Waals surface area (Å²) in [7, 11) is 1.77. The van der Waals surface area contributed by atoms with Crippen LogP contribution in [-0.4, -0.2) is 37.7 Å². The zero-order valence-corrected chi connectivity index (χ0v) is 19.2. The maximum atomic E-state index is 5.82. The van der Waals surface area contributed by atoms with Gasteiger partial charge < -0.3 is 19.8 Å². The van der Waals surface area contributed by atoms with E-state index in [0.29, 0.717) is 17.9 Å². The van der Waals surface area contributed by atoms with Crippen LogP contribution in [0.15, 0.2) is 15.6 Å². The van der Waals surface area contributed by atoms with Crippen LogP contribution >= 0.6 is 24.0 Å². The van der Waals surface area contributed by atoms with Crippen LogP contribution in [0.3, 0.4) is 0 Å². The lowest BCUT2D eigenvalue weighted by Gasteiger charge is -2.42. The molecule has 0 unspecified atom stereocenters. The molecular weight excluding hydrogens is 443 g/mol. The first-order valence-corrected chi connectivity index (χ1v) is 9.35. The van der Waals surface area contributed by atoms with Crippen molar-refractivity contribution in [3.63, 3.8) is 0 Å². The van der Waals surface area contributed by atoms with E-state index in [1.165, 1.54) is 19.3 Å². The average Bonchev–Trinajstić information content (AvgIpc) is 3.00. The van der Waals surface area contributed by atoms with E-state index in [1.807, 2.05) is 0 Å². The minimum absolute atomic E-state index is 0. The van der Waals surface area contributed by atoms with E-state index in [9.17, 15) is 0 Å². The maximum Gasteiger partial charge on any atom is 0.216 e. The molecule has 0 aromatic carbocycles. The van der Waals surface area contributed by atoms with E-state index in [-0.39, 0.29) is 29.4 Å². The summed E-state index contributed by atoms with van der Waals surface area (Å²) >= 11 is 0. The lowest BCUT2D eigenvalue weighted by molar-refractivity contribution is 0.0732. The van der Waals surface area contributed by atoms with Crippen molar-refractivity contribution in [3.8, 4) is 0 Å². The molecule has 0 atom stereocenters. The number of ether oxygens (including phenoxy) is 1. The highest BCUT2D eigenvalue weighted by molar-refractivity contribution is 14.0. The van der Waals surface area contributed by atoms with Crippen molar-refractivity contribution >= 4 is 29.9 Å². The highest BCUT2D eigenvalue weighted by Gasteiger charge is 2.36. The molecule has 1 saturated carbocycles. The Morgan fingerprint density at radius 3 is 2.58 bits per heavy atom. The second-order valence-corrected chi connectivity index (χ2v) is 8.01. The van der Waals surface area contributed by atoms with Crippen LogP contribution in [0.4, 0.5) is 0 Å². The molecule has 0 amide bonds. The number of aromatic nitrogens is 1. The van der Waals surface area contributed by atoms with Crippen LogP contribution in [-0.2, 0) is 16.7 Å². The van der Waals surface area contributed by atoms with Gasteiger partial charge in [0.2, 0.25) is 5.89 Å². The Hall–Kier alpha value is -0.830. The van der Waals surface area contributed by atoms with Gasteiger partial charge in [0.15, 0.2) is 5.96 Å². The molecule has 1 fully saturated rings. The summed E-state index contributed by atoms with van der Waals surface area (Å²) in [5.41, 5.74) is 0.324. The molecule has 150 valence electrons. The fourth-order valence-electron chi connectivity index (χ4n) is 3.00. The van der Waals surface area contributed by atoms with Crippen molar-refractivity contribution in [2.45, 2.75) is 65.3 Å². The Morgan fingerprint density at radius 1 is 1.35 bits per heavy atom. The Labute approximate surface area is 175 Å². The molecule has 1 aromatic rings. The lowest BCUT2D eigenvalue weighted by atomic mass is 9.67. The van der Waals surface area contributed by atoms with Crippen LogP contribution < -0.4 is 10.6 Å². The van der Waals surface area contributed by atoms with Crippen molar-refractivity contribution in [3.05, 3.63) is 17.8 Å². The second kappa shape index (κ2) is 10.5. The van der Waals surface area contributed by atoms with Gasteiger partial charge in [-0.25, -0.2) is 9.98 Å². The van der Waals surface area contributed by atoms with Crippen LogP contribution in [0, 0.1) is 5.41 Å². The van der Waals surface area contributed by atoms with Gasteiger partial charge in [-0.3, -0.25) is 0 Å². The van der Waals surface area contributed by atoms with Crippen LogP contribution in [0.5, 0.6) is 0 Å². The summed E-state index contributed by atoms with van der Waals surface area (Å²) in [6.07, 6.45) is 6.74. The molecule has 0 aliphatic heterocycles. The number of halogens is 1. The van der Waals surface area contributed by atoms with E-state index < -0.39 is 0 Å². The quantitative estimate of drug-likeness (QED) is 0.338. The minimum atomic E-state index is -0.0321. The summed E-state index contributed by atoms with van der Waals surface area (Å²) in [6.45, 7) is 11.4. The Morgan fingerprint density at radius 2 is 2.08 bits per heavy atom. The molecule has 0 radical (unpaired) electrons. The second-order valence-electron chi connectivity index (χ2n) is 8.01. The first kappa shape index (κ1) is 23.2. The zero-order chi connectivity index (χ0) is 18.3. The molecule has 6 nitrogen and oxygen atoms in total. The average molecular weight is 478 g/mol. The van der Waals surface area contributed by atoms with Gasteiger partial charge >= 0.3 is 0 Å². The summed E-state index contributed by atoms with van der Waals surface area (Å²) in [4.78, 5) is 8.97. The number of hydrogen-bond acceptors (Lipinski definition) is 4. The number of guanidine groups is 1. The molecule has 1 aliphatic rings. The molecule has 7 heteroatoms. The van der Waals surface area contributed by atoms with E-state index >= 15 is 0 Å². The highest BCUT2D eigenvalue weighted by Crippen LogP contribution is 2.43. The molecule has 2 rings (SSSR count). The highest BCUT2D eigenvalue weighted by atomic mass is 127. The monoisotopic (exact) mass is 478 g/mol. The van der Waals surface area contributed by atoms with Crippen molar-refractivity contribution in [1.29, 1.82) is 0 Å². The molecule has 0 saturated heterocycles. The number of rotatable bonds is 8. The molecular formula is C19H35IN4O2. The predicted molar refractivity (Wildman–Crippen MR) is 116 cm³/mol. The maximum absolute atomic E-state index is 5.82. The SMILES string of the molecule is CCNC(=NCc1ncc(C(C)(C)C)o1)NCC1(CCOC)CCC1.I. The van der Waals surface area contributed by atoms with Gasteiger partial charge in [-0.05, 0) is 31.6 Å². The smallest absolute Gasteiger partial charge is 0.216 e. The summed E-state index contributed by atoms with van der Waals surface area (Å²) < 4.78 is 11.1. The zero-order valence-electron chi connectivity index (χ0n) is 16.9. The van der Waals surface area contributed by atoms with E-state index in [4.69, 9.17) is 9.15 Å². The predicted octanol–water partition coefficient (Wildman–Crippen LogP) is 3.85. The van der Waals surface area contributed by atoms with Gasteiger partial charge in [-0.15, -0.1) is 24.0 Å². The van der Waals surface area contributed by atoms with E-state index in [2.05, 4.69) is 48.3 Å². The molecule has 26 heavy (non-hydrogen) atoms. The molecule has 2 N–H and O–H groups in total. The number of hydrogen-bond donors (Lipinski definition) is 2. The third-order valence-electron chi connectivity index (χ3n) is 4.89. The number of methoxy groups -OCH3 is 1. The van der Waals surface area contributed by atoms with Crippen molar-refractivity contribution in [2.24, 2.45) is 10.4 Å². The van der Waals surface area contributed by atoms with Crippen molar-refractivity contribution < 1.29 is 9.15 Å². The van der Waals surface area contributed by atoms with Gasteiger partial charge in [0.05, 0.1) is 6.20 Å². The number of oxazole rings is 1. The molecule has 0 bridgehead atoms. The standard InChI is InChI=1S/C19H34N4O2.HI/c1-6-20-17(23-14-19(8-7-9-19)10-11-24-5)22-13-16-21-12-15(25-16)18(2,3)4;/h12H,6-11,13-14H2,1-5H3,(H2,20,22,23);1H. The summed E-state index contributed by atoms with van der Waals surface area (Å²) in [6, 6.07) is 0. The normalized spacial score (nSPS) is 16.6. The van der Waals surface area contributed by atoms with Gasteiger partial charge in [-0.1, -0.05) is 27.2 Å². The lowest BCUT2D eigenvalue weighted by Crippen LogP contribution is -2.46. The van der Waals surface area contributed by atoms with E-state index in [1.54, 1.807) is 13.3 Å². The van der Waals surface area contributed by atoms with Gasteiger partial charge in [0.25, 0.3) is 0 Å². The Balaban J connectivity index is 0.00000338. The van der Waals surface area contributed by atoms with Crippen molar-refractivity contribution in [2.75, 3.05) is 26.8 Å². The minimum Gasteiger partial charge on any atom is -0.443 e.